The Morgan fingerprint density at radius 3 is 2.37 bits per heavy atom. The van der Waals surface area contributed by atoms with Gasteiger partial charge in [0.15, 0.2) is 0 Å². The molecule has 1 amide bonds. The van der Waals surface area contributed by atoms with Crippen LogP contribution in [0.5, 0.6) is 0 Å². The summed E-state index contributed by atoms with van der Waals surface area (Å²) < 4.78 is 0. The highest BCUT2D eigenvalue weighted by Gasteiger charge is 2.19. The van der Waals surface area contributed by atoms with Gasteiger partial charge in [0.1, 0.15) is 0 Å². The first-order valence-corrected chi connectivity index (χ1v) is 13.7. The van der Waals surface area contributed by atoms with E-state index in [2.05, 4.69) is 90.9 Å². The zero-order valence-corrected chi connectivity index (χ0v) is 23.7. The summed E-state index contributed by atoms with van der Waals surface area (Å²) in [7, 11) is 2.07. The first kappa shape index (κ1) is 27.3. The number of rotatable bonds is 8. The van der Waals surface area contributed by atoms with E-state index in [0.717, 1.165) is 75.8 Å². The number of hydrogen-bond acceptors (Lipinski definition) is 4. The molecule has 0 radical (unpaired) electrons. The summed E-state index contributed by atoms with van der Waals surface area (Å²) in [6.07, 6.45) is 5.85. The number of carbonyl (C=O) groups excluding carboxylic acids is 1. The Hall–Kier alpha value is -3.73. The van der Waals surface area contributed by atoms with E-state index >= 15 is 0 Å². The van der Waals surface area contributed by atoms with Crippen molar-refractivity contribution in [2.45, 2.75) is 47.0 Å². The van der Waals surface area contributed by atoms with Crippen LogP contribution in [0.3, 0.4) is 0 Å². The van der Waals surface area contributed by atoms with Crippen LogP contribution in [0.4, 0.5) is 5.69 Å². The summed E-state index contributed by atoms with van der Waals surface area (Å²) in [5, 5.41) is 6.42. The third-order valence-electron chi connectivity index (χ3n) is 7.85. The lowest BCUT2D eigenvalue weighted by atomic mass is 9.95. The molecule has 38 heavy (non-hydrogen) atoms. The second kappa shape index (κ2) is 11.8. The van der Waals surface area contributed by atoms with Crippen LogP contribution < -0.4 is 15.5 Å². The normalized spacial score (nSPS) is 15.7. The molecular formula is C33H42N4O. The van der Waals surface area contributed by atoms with Gasteiger partial charge in [0, 0.05) is 61.6 Å². The van der Waals surface area contributed by atoms with Crippen LogP contribution in [-0.4, -0.2) is 44.0 Å². The maximum Gasteiger partial charge on any atom is 0.251 e. The van der Waals surface area contributed by atoms with Gasteiger partial charge in [0.2, 0.25) is 0 Å². The predicted octanol–water partition coefficient (Wildman–Crippen LogP) is 6.64. The van der Waals surface area contributed by atoms with Gasteiger partial charge >= 0.3 is 0 Å². The second-order valence-corrected chi connectivity index (χ2v) is 10.5. The lowest BCUT2D eigenvalue weighted by Crippen LogP contribution is -2.30. The number of piperidine rings is 1. The molecule has 1 fully saturated rings. The molecule has 2 heterocycles. The fourth-order valence-electron chi connectivity index (χ4n) is 5.38. The fraction of sp³-hybridized carbons (Fsp3) is 0.364. The minimum atomic E-state index is -0.0791. The topological polar surface area (TPSA) is 47.6 Å². The molecule has 0 spiro atoms. The molecule has 2 aliphatic heterocycles. The third-order valence-corrected chi connectivity index (χ3v) is 7.85. The van der Waals surface area contributed by atoms with E-state index in [1.807, 2.05) is 19.9 Å². The zero-order chi connectivity index (χ0) is 27.4. The number of nitrogens with one attached hydrogen (secondary N) is 2. The molecule has 0 atom stereocenters. The van der Waals surface area contributed by atoms with Crippen LogP contribution in [0.2, 0.25) is 0 Å². The van der Waals surface area contributed by atoms with E-state index in [1.54, 1.807) is 0 Å². The Balaban J connectivity index is 1.61. The first-order valence-electron chi connectivity index (χ1n) is 13.7. The number of nitrogens with zero attached hydrogens (tertiary/aromatic N) is 2. The van der Waals surface area contributed by atoms with Crippen LogP contribution in [0.25, 0.3) is 16.8 Å². The number of likely N-dealkylation sites (tertiary alicyclic amines) is 1. The molecule has 0 bridgehead atoms. The van der Waals surface area contributed by atoms with Crippen molar-refractivity contribution in [1.29, 1.82) is 0 Å². The van der Waals surface area contributed by atoms with E-state index in [1.165, 1.54) is 19.3 Å². The van der Waals surface area contributed by atoms with Crippen LogP contribution in [-0.2, 0) is 0 Å². The molecular weight excluding hydrogens is 468 g/mol. The van der Waals surface area contributed by atoms with Crippen LogP contribution in [0, 0.1) is 6.92 Å². The molecule has 5 heteroatoms. The summed E-state index contributed by atoms with van der Waals surface area (Å²) in [6, 6.07) is 12.8. The highest BCUT2D eigenvalue weighted by Crippen LogP contribution is 2.32. The summed E-state index contributed by atoms with van der Waals surface area (Å²) in [6.45, 7) is 20.2. The van der Waals surface area contributed by atoms with E-state index in [4.69, 9.17) is 0 Å². The number of allylic oxidation sites excluding steroid dienone is 3. The zero-order valence-electron chi connectivity index (χ0n) is 23.7. The Bertz CT molecular complexity index is 1290. The van der Waals surface area contributed by atoms with Crippen molar-refractivity contribution in [3.05, 3.63) is 94.9 Å². The van der Waals surface area contributed by atoms with Crippen molar-refractivity contribution in [2.75, 3.05) is 38.1 Å². The molecule has 2 aromatic rings. The third kappa shape index (κ3) is 5.88. The highest BCUT2D eigenvalue weighted by molar-refractivity contribution is 5.99. The van der Waals surface area contributed by atoms with Crippen molar-refractivity contribution < 1.29 is 4.79 Å². The minimum Gasteiger partial charge on any atom is -0.375 e. The lowest BCUT2D eigenvalue weighted by Gasteiger charge is -2.30. The molecule has 2 aromatic carbocycles. The monoisotopic (exact) mass is 510 g/mol. The molecule has 200 valence electrons. The molecule has 0 saturated carbocycles. The first-order chi connectivity index (χ1) is 18.2. The maximum atomic E-state index is 13.5. The Kier molecular flexibility index (Phi) is 8.45. The van der Waals surface area contributed by atoms with Gasteiger partial charge in [0.05, 0.1) is 0 Å². The van der Waals surface area contributed by atoms with Gasteiger partial charge in [0.25, 0.3) is 5.91 Å². The molecule has 4 rings (SSSR count). The van der Waals surface area contributed by atoms with Crippen LogP contribution in [0.1, 0.15) is 61.5 Å². The number of benzene rings is 2. The van der Waals surface area contributed by atoms with Crippen molar-refractivity contribution in [1.82, 2.24) is 15.5 Å². The van der Waals surface area contributed by atoms with Crippen molar-refractivity contribution in [3.8, 4) is 11.1 Å². The Morgan fingerprint density at radius 1 is 1.05 bits per heavy atom. The summed E-state index contributed by atoms with van der Waals surface area (Å²) in [4.78, 5) is 18.1. The maximum absolute atomic E-state index is 13.5. The molecule has 1 saturated heterocycles. The van der Waals surface area contributed by atoms with Crippen molar-refractivity contribution in [3.63, 3.8) is 0 Å². The Morgan fingerprint density at radius 2 is 1.74 bits per heavy atom. The smallest absolute Gasteiger partial charge is 0.251 e. The average molecular weight is 511 g/mol. The SMILES string of the molecule is C=C1NC(C)=CC(C)=C1CNC(=O)c1cc(-c2ccc(C(=C)N3CCCCC3)cc2)cc(N(C)CC)c1C. The number of anilines is 1. The molecule has 0 unspecified atom stereocenters. The van der Waals surface area contributed by atoms with Gasteiger partial charge in [-0.15, -0.1) is 0 Å². The summed E-state index contributed by atoms with van der Waals surface area (Å²) in [5.41, 5.74) is 11.1. The number of dihydropyridines is 1. The molecule has 2 N–H and O–H groups in total. The van der Waals surface area contributed by atoms with E-state index in [-0.39, 0.29) is 5.91 Å². The van der Waals surface area contributed by atoms with Gasteiger partial charge in [-0.25, -0.2) is 0 Å². The predicted molar refractivity (Wildman–Crippen MR) is 161 cm³/mol. The van der Waals surface area contributed by atoms with Gasteiger partial charge in [-0.1, -0.05) is 37.4 Å². The van der Waals surface area contributed by atoms with Gasteiger partial charge in [-0.05, 0) is 98.6 Å². The van der Waals surface area contributed by atoms with Gasteiger partial charge in [-0.3, -0.25) is 4.79 Å². The number of carbonyl (C=O) groups is 1. The molecule has 2 aliphatic rings. The lowest BCUT2D eigenvalue weighted by molar-refractivity contribution is 0.0956. The molecule has 5 nitrogen and oxygen atoms in total. The largest absolute Gasteiger partial charge is 0.375 e. The fourth-order valence-corrected chi connectivity index (χ4v) is 5.38. The highest BCUT2D eigenvalue weighted by atomic mass is 16.1. The van der Waals surface area contributed by atoms with Crippen molar-refractivity contribution >= 4 is 17.3 Å². The second-order valence-electron chi connectivity index (χ2n) is 10.5. The van der Waals surface area contributed by atoms with Gasteiger partial charge < -0.3 is 20.4 Å². The molecule has 0 aliphatic carbocycles. The van der Waals surface area contributed by atoms with Crippen molar-refractivity contribution in [2.24, 2.45) is 0 Å². The minimum absolute atomic E-state index is 0.0791. The van der Waals surface area contributed by atoms with E-state index < -0.39 is 0 Å². The number of amides is 1. The summed E-state index contributed by atoms with van der Waals surface area (Å²) >= 11 is 0. The van der Waals surface area contributed by atoms with Crippen LogP contribution in [0.15, 0.2) is 78.2 Å². The summed E-state index contributed by atoms with van der Waals surface area (Å²) in [5.74, 6) is -0.0791. The number of hydrogen-bond donors (Lipinski definition) is 2. The standard InChI is InChI=1S/C33H42N4O/c1-8-36(7)32-20-29(28-14-12-27(13-15-28)26(6)37-16-10-9-11-17-37)19-30(24(32)4)33(38)34-21-31-22(2)18-23(3)35-25(31)5/h12-15,18-20,35H,5-6,8-11,16-17,21H2,1-4,7H3,(H,34,38). The van der Waals surface area contributed by atoms with Gasteiger partial charge in [-0.2, -0.15) is 0 Å². The average Bonchev–Trinajstić information content (AvgIpc) is 2.92. The Labute approximate surface area is 228 Å². The molecule has 0 aromatic heterocycles. The van der Waals surface area contributed by atoms with E-state index in [9.17, 15) is 4.79 Å². The van der Waals surface area contributed by atoms with Crippen LogP contribution >= 0.6 is 0 Å². The van der Waals surface area contributed by atoms with E-state index in [0.29, 0.717) is 12.1 Å². The quantitative estimate of drug-likeness (QED) is 0.418.